The summed E-state index contributed by atoms with van der Waals surface area (Å²) < 4.78 is 14.0. The Morgan fingerprint density at radius 1 is 0.926 bits per heavy atom. The van der Waals surface area contributed by atoms with E-state index in [1.54, 1.807) is 12.3 Å². The van der Waals surface area contributed by atoms with Gasteiger partial charge < -0.3 is 15.1 Å². The number of nitrogens with zero attached hydrogens (tertiary/aromatic N) is 4. The van der Waals surface area contributed by atoms with E-state index in [1.807, 2.05) is 42.5 Å². The standard InChI is InChI=1S/C20H19ClFN5/c21-15-4-3-5-16(14-15)24-20-23-9-8-19(25-20)27-12-10-26(11-13-27)18-7-2-1-6-17(18)22/h1-9,14H,10-13H2,(H,23,24,25). The molecule has 27 heavy (non-hydrogen) atoms. The third-order valence-corrected chi connectivity index (χ3v) is 4.75. The van der Waals surface area contributed by atoms with Crippen molar-refractivity contribution in [3.05, 3.63) is 71.6 Å². The number of halogens is 2. The van der Waals surface area contributed by atoms with Gasteiger partial charge in [-0.05, 0) is 36.4 Å². The summed E-state index contributed by atoms with van der Waals surface area (Å²) in [7, 11) is 0. The zero-order valence-corrected chi connectivity index (χ0v) is 15.4. The van der Waals surface area contributed by atoms with Crippen LogP contribution in [0.15, 0.2) is 60.8 Å². The predicted molar refractivity (Wildman–Crippen MR) is 108 cm³/mol. The molecule has 0 amide bonds. The van der Waals surface area contributed by atoms with E-state index in [4.69, 9.17) is 11.6 Å². The molecule has 0 saturated carbocycles. The molecule has 3 aromatic rings. The minimum absolute atomic E-state index is 0.180. The van der Waals surface area contributed by atoms with Gasteiger partial charge in [-0.3, -0.25) is 0 Å². The highest BCUT2D eigenvalue weighted by Gasteiger charge is 2.20. The van der Waals surface area contributed by atoms with Crippen molar-refractivity contribution in [3.63, 3.8) is 0 Å². The lowest BCUT2D eigenvalue weighted by atomic mass is 10.2. The lowest BCUT2D eigenvalue weighted by Gasteiger charge is -2.36. The van der Waals surface area contributed by atoms with E-state index in [9.17, 15) is 4.39 Å². The molecule has 2 aromatic carbocycles. The smallest absolute Gasteiger partial charge is 0.229 e. The third kappa shape index (κ3) is 4.11. The van der Waals surface area contributed by atoms with Gasteiger partial charge in [-0.1, -0.05) is 29.8 Å². The molecule has 0 unspecified atom stereocenters. The molecule has 4 rings (SSSR count). The topological polar surface area (TPSA) is 44.3 Å². The molecule has 1 aliphatic rings. The highest BCUT2D eigenvalue weighted by atomic mass is 35.5. The van der Waals surface area contributed by atoms with Crippen LogP contribution in [0, 0.1) is 5.82 Å². The fourth-order valence-electron chi connectivity index (χ4n) is 3.17. The molecule has 0 atom stereocenters. The number of nitrogens with one attached hydrogen (secondary N) is 1. The third-order valence-electron chi connectivity index (χ3n) is 4.52. The molecule has 1 aromatic heterocycles. The second-order valence-corrected chi connectivity index (χ2v) is 6.74. The number of benzene rings is 2. The van der Waals surface area contributed by atoms with Crippen LogP contribution < -0.4 is 15.1 Å². The molecule has 1 N–H and O–H groups in total. The average Bonchev–Trinajstić information content (AvgIpc) is 2.69. The largest absolute Gasteiger partial charge is 0.366 e. The number of hydrogen-bond acceptors (Lipinski definition) is 5. The van der Waals surface area contributed by atoms with Crippen LogP contribution in [0.3, 0.4) is 0 Å². The lowest BCUT2D eigenvalue weighted by Crippen LogP contribution is -2.47. The van der Waals surface area contributed by atoms with Gasteiger partial charge in [0, 0.05) is 43.1 Å². The number of rotatable bonds is 4. The first-order chi connectivity index (χ1) is 13.2. The minimum Gasteiger partial charge on any atom is -0.366 e. The summed E-state index contributed by atoms with van der Waals surface area (Å²) in [6.45, 7) is 3.01. The number of hydrogen-bond donors (Lipinski definition) is 1. The van der Waals surface area contributed by atoms with Crippen molar-refractivity contribution in [1.82, 2.24) is 9.97 Å². The molecule has 0 aliphatic carbocycles. The van der Waals surface area contributed by atoms with Crippen LogP contribution in [-0.2, 0) is 0 Å². The first-order valence-corrected chi connectivity index (χ1v) is 9.17. The monoisotopic (exact) mass is 383 g/mol. The van der Waals surface area contributed by atoms with Crippen molar-refractivity contribution in [2.24, 2.45) is 0 Å². The van der Waals surface area contributed by atoms with E-state index in [2.05, 4.69) is 25.1 Å². The van der Waals surface area contributed by atoms with E-state index >= 15 is 0 Å². The Kier molecular flexibility index (Phi) is 5.07. The van der Waals surface area contributed by atoms with Crippen molar-refractivity contribution in [1.29, 1.82) is 0 Å². The maximum Gasteiger partial charge on any atom is 0.229 e. The molecule has 0 radical (unpaired) electrons. The summed E-state index contributed by atoms with van der Waals surface area (Å²) in [5, 5.41) is 3.83. The van der Waals surface area contributed by atoms with Gasteiger partial charge in [0.05, 0.1) is 5.69 Å². The summed E-state index contributed by atoms with van der Waals surface area (Å²) in [5.74, 6) is 1.19. The fourth-order valence-corrected chi connectivity index (χ4v) is 3.36. The Morgan fingerprint density at radius 3 is 2.48 bits per heavy atom. The van der Waals surface area contributed by atoms with Gasteiger partial charge in [0.1, 0.15) is 11.6 Å². The van der Waals surface area contributed by atoms with E-state index in [-0.39, 0.29) is 5.82 Å². The Morgan fingerprint density at radius 2 is 1.70 bits per heavy atom. The minimum atomic E-state index is -0.180. The van der Waals surface area contributed by atoms with Gasteiger partial charge in [-0.25, -0.2) is 9.37 Å². The van der Waals surface area contributed by atoms with Gasteiger partial charge >= 0.3 is 0 Å². The van der Waals surface area contributed by atoms with Crippen LogP contribution in [0.4, 0.5) is 27.5 Å². The zero-order chi connectivity index (χ0) is 18.6. The molecule has 1 fully saturated rings. The maximum atomic E-state index is 14.0. The molecule has 7 heteroatoms. The quantitative estimate of drug-likeness (QED) is 0.726. The molecule has 1 saturated heterocycles. The second kappa shape index (κ2) is 7.80. The summed E-state index contributed by atoms with van der Waals surface area (Å²) in [5.41, 5.74) is 1.49. The molecule has 1 aliphatic heterocycles. The Bertz CT molecular complexity index is 928. The lowest BCUT2D eigenvalue weighted by molar-refractivity contribution is 0.596. The fraction of sp³-hybridized carbons (Fsp3) is 0.200. The molecule has 5 nitrogen and oxygen atoms in total. The molecule has 138 valence electrons. The maximum absolute atomic E-state index is 14.0. The average molecular weight is 384 g/mol. The van der Waals surface area contributed by atoms with Crippen molar-refractivity contribution >= 4 is 34.7 Å². The SMILES string of the molecule is Fc1ccccc1N1CCN(c2ccnc(Nc3cccc(Cl)c3)n2)CC1. The summed E-state index contributed by atoms with van der Waals surface area (Å²) in [6, 6.07) is 16.2. The van der Waals surface area contributed by atoms with E-state index in [0.29, 0.717) is 16.7 Å². The molecular formula is C20H19ClFN5. The summed E-state index contributed by atoms with van der Waals surface area (Å²) in [4.78, 5) is 13.1. The van der Waals surface area contributed by atoms with Crippen LogP contribution in [-0.4, -0.2) is 36.1 Å². The van der Waals surface area contributed by atoms with Gasteiger partial charge in [-0.15, -0.1) is 0 Å². The van der Waals surface area contributed by atoms with Crippen LogP contribution in [0.5, 0.6) is 0 Å². The Labute approximate surface area is 162 Å². The van der Waals surface area contributed by atoms with Crippen LogP contribution in [0.25, 0.3) is 0 Å². The Balaban J connectivity index is 1.43. The number of piperazine rings is 1. The molecular weight excluding hydrogens is 365 g/mol. The first-order valence-electron chi connectivity index (χ1n) is 8.79. The Hall–Kier alpha value is -2.86. The second-order valence-electron chi connectivity index (χ2n) is 6.30. The number of para-hydroxylation sites is 1. The molecule has 0 bridgehead atoms. The van der Waals surface area contributed by atoms with Crippen molar-refractivity contribution < 1.29 is 4.39 Å². The highest BCUT2D eigenvalue weighted by Crippen LogP contribution is 2.23. The summed E-state index contributed by atoms with van der Waals surface area (Å²) in [6.07, 6.45) is 1.73. The molecule has 2 heterocycles. The van der Waals surface area contributed by atoms with Gasteiger partial charge in [0.2, 0.25) is 5.95 Å². The van der Waals surface area contributed by atoms with Crippen molar-refractivity contribution in [3.8, 4) is 0 Å². The van der Waals surface area contributed by atoms with Gasteiger partial charge in [-0.2, -0.15) is 4.98 Å². The van der Waals surface area contributed by atoms with Crippen LogP contribution in [0.1, 0.15) is 0 Å². The van der Waals surface area contributed by atoms with E-state index in [1.165, 1.54) is 6.07 Å². The summed E-state index contributed by atoms with van der Waals surface area (Å²) >= 11 is 6.02. The van der Waals surface area contributed by atoms with Crippen molar-refractivity contribution in [2.75, 3.05) is 41.3 Å². The predicted octanol–water partition coefficient (Wildman–Crippen LogP) is 4.34. The zero-order valence-electron chi connectivity index (χ0n) is 14.6. The highest BCUT2D eigenvalue weighted by molar-refractivity contribution is 6.30. The molecule has 0 spiro atoms. The number of anilines is 4. The normalized spacial score (nSPS) is 14.3. The van der Waals surface area contributed by atoms with Crippen molar-refractivity contribution in [2.45, 2.75) is 0 Å². The van der Waals surface area contributed by atoms with Gasteiger partial charge in [0.15, 0.2) is 0 Å². The van der Waals surface area contributed by atoms with Gasteiger partial charge in [0.25, 0.3) is 0 Å². The van der Waals surface area contributed by atoms with Crippen LogP contribution >= 0.6 is 11.6 Å². The van der Waals surface area contributed by atoms with E-state index in [0.717, 1.165) is 37.7 Å². The van der Waals surface area contributed by atoms with Crippen LogP contribution in [0.2, 0.25) is 5.02 Å². The first kappa shape index (κ1) is 17.5. The number of aromatic nitrogens is 2. The van der Waals surface area contributed by atoms with E-state index < -0.39 is 0 Å².